The summed E-state index contributed by atoms with van der Waals surface area (Å²) in [6.07, 6.45) is 0. The molecular weight excluding hydrogens is 765 g/mol. The molecule has 13 rings (SSSR count). The van der Waals surface area contributed by atoms with Gasteiger partial charge >= 0.3 is 0 Å². The van der Waals surface area contributed by atoms with Crippen molar-refractivity contribution in [1.29, 1.82) is 0 Å². The molecular formula is C60H38N2O. The highest BCUT2D eigenvalue weighted by Crippen LogP contribution is 2.49. The predicted molar refractivity (Wildman–Crippen MR) is 266 cm³/mol. The van der Waals surface area contributed by atoms with Crippen LogP contribution in [0, 0.1) is 0 Å². The number of rotatable bonds is 6. The van der Waals surface area contributed by atoms with Crippen molar-refractivity contribution in [3.05, 3.63) is 231 Å². The lowest BCUT2D eigenvalue weighted by atomic mass is 9.94. The van der Waals surface area contributed by atoms with E-state index in [-0.39, 0.29) is 0 Å². The number of aromatic nitrogens is 1. The number of benzene rings is 11. The number of furan rings is 1. The van der Waals surface area contributed by atoms with Crippen LogP contribution in [-0.2, 0) is 0 Å². The first kappa shape index (κ1) is 35.4. The van der Waals surface area contributed by atoms with Crippen molar-refractivity contribution >= 4 is 93.1 Å². The van der Waals surface area contributed by atoms with Crippen molar-refractivity contribution in [2.24, 2.45) is 0 Å². The molecule has 0 unspecified atom stereocenters. The molecule has 0 aliphatic rings. The lowest BCUT2D eigenvalue weighted by molar-refractivity contribution is 0.669. The van der Waals surface area contributed by atoms with Gasteiger partial charge in [-0.3, -0.25) is 0 Å². The van der Waals surface area contributed by atoms with Crippen LogP contribution >= 0.6 is 0 Å². The van der Waals surface area contributed by atoms with E-state index < -0.39 is 0 Å². The number of nitrogens with zero attached hydrogens (tertiary/aromatic N) is 2. The van der Waals surface area contributed by atoms with E-state index in [0.717, 1.165) is 66.7 Å². The Morgan fingerprint density at radius 2 is 0.905 bits per heavy atom. The van der Waals surface area contributed by atoms with Crippen molar-refractivity contribution < 1.29 is 4.42 Å². The lowest BCUT2D eigenvalue weighted by Gasteiger charge is -2.26. The number of hydrogen-bond acceptors (Lipinski definition) is 2. The molecule has 0 spiro atoms. The zero-order chi connectivity index (χ0) is 41.4. The first-order valence-corrected chi connectivity index (χ1v) is 21.6. The summed E-state index contributed by atoms with van der Waals surface area (Å²) in [6, 6.07) is 83.6. The Balaban J connectivity index is 1.16. The summed E-state index contributed by atoms with van der Waals surface area (Å²) >= 11 is 0. The van der Waals surface area contributed by atoms with Gasteiger partial charge < -0.3 is 13.9 Å². The number of para-hydroxylation sites is 1. The largest absolute Gasteiger partial charge is 0.456 e. The standard InChI is InChI=1S/C60H38N2O/c1-3-15-39(16-4-1)41-27-30-45(31-28-41)61(46-32-29-40-17-7-8-20-43(40)35-46)47-33-34-53-52(37-47)59-55(62(53)54-36-44-21-9-10-22-48(44)49-23-11-12-24-50(49)54)38-57-60(51-25-13-14-26-56(51)63-57)58(59)42-18-5-2-6-19-42/h1-38H. The lowest BCUT2D eigenvalue weighted by Crippen LogP contribution is -2.10. The van der Waals surface area contributed by atoms with Crippen molar-refractivity contribution in [3.8, 4) is 27.9 Å². The Labute approximate surface area is 363 Å². The fraction of sp³-hybridized carbons (Fsp3) is 0. The predicted octanol–water partition coefficient (Wildman–Crippen LogP) is 16.9. The smallest absolute Gasteiger partial charge is 0.138 e. The Hall–Kier alpha value is -8.40. The van der Waals surface area contributed by atoms with E-state index >= 15 is 0 Å². The third-order valence-electron chi connectivity index (χ3n) is 12.9. The zero-order valence-electron chi connectivity index (χ0n) is 34.2. The Morgan fingerprint density at radius 1 is 0.317 bits per heavy atom. The van der Waals surface area contributed by atoms with E-state index in [4.69, 9.17) is 4.42 Å². The minimum Gasteiger partial charge on any atom is -0.456 e. The molecule has 63 heavy (non-hydrogen) atoms. The van der Waals surface area contributed by atoms with Gasteiger partial charge in [0.1, 0.15) is 11.2 Å². The van der Waals surface area contributed by atoms with Gasteiger partial charge in [-0.1, -0.05) is 170 Å². The molecule has 0 bridgehead atoms. The Morgan fingerprint density at radius 3 is 1.70 bits per heavy atom. The van der Waals surface area contributed by atoms with Gasteiger partial charge in [0, 0.05) is 55.6 Å². The maximum atomic E-state index is 6.80. The molecule has 11 aromatic carbocycles. The minimum atomic E-state index is 0.869. The second kappa shape index (κ2) is 14.1. The normalized spacial score (nSPS) is 11.8. The Kier molecular flexibility index (Phi) is 7.91. The van der Waals surface area contributed by atoms with E-state index in [2.05, 4.69) is 240 Å². The molecule has 294 valence electrons. The first-order chi connectivity index (χ1) is 31.2. The molecule has 2 heterocycles. The molecule has 3 heteroatoms. The number of hydrogen-bond donors (Lipinski definition) is 0. The fourth-order valence-electron chi connectivity index (χ4n) is 10.1. The van der Waals surface area contributed by atoms with Crippen LogP contribution in [0.2, 0.25) is 0 Å². The van der Waals surface area contributed by atoms with Crippen LogP contribution in [0.5, 0.6) is 0 Å². The van der Waals surface area contributed by atoms with E-state index in [1.807, 2.05) is 0 Å². The maximum absolute atomic E-state index is 6.80. The van der Waals surface area contributed by atoms with E-state index in [9.17, 15) is 0 Å². The minimum absolute atomic E-state index is 0.869. The maximum Gasteiger partial charge on any atom is 0.138 e. The summed E-state index contributed by atoms with van der Waals surface area (Å²) in [7, 11) is 0. The van der Waals surface area contributed by atoms with Gasteiger partial charge in [0.25, 0.3) is 0 Å². The molecule has 0 atom stereocenters. The molecule has 0 saturated heterocycles. The molecule has 0 N–H and O–H groups in total. The van der Waals surface area contributed by atoms with Crippen LogP contribution in [0.3, 0.4) is 0 Å². The van der Waals surface area contributed by atoms with Gasteiger partial charge in [-0.25, -0.2) is 0 Å². The van der Waals surface area contributed by atoms with Crippen molar-refractivity contribution in [1.82, 2.24) is 4.57 Å². The molecule has 0 radical (unpaired) electrons. The average Bonchev–Trinajstić information content (AvgIpc) is 3.89. The van der Waals surface area contributed by atoms with Crippen LogP contribution in [0.4, 0.5) is 17.1 Å². The number of fused-ring (bicyclic) bond motifs is 10. The summed E-state index contributed by atoms with van der Waals surface area (Å²) in [6.45, 7) is 0. The van der Waals surface area contributed by atoms with Gasteiger partial charge in [-0.15, -0.1) is 0 Å². The van der Waals surface area contributed by atoms with Gasteiger partial charge in [0.2, 0.25) is 0 Å². The molecule has 13 aromatic rings. The summed E-state index contributed by atoms with van der Waals surface area (Å²) < 4.78 is 9.28. The van der Waals surface area contributed by atoms with Gasteiger partial charge in [0.05, 0.1) is 16.7 Å². The highest BCUT2D eigenvalue weighted by atomic mass is 16.3. The zero-order valence-corrected chi connectivity index (χ0v) is 34.2. The number of anilines is 3. The highest BCUT2D eigenvalue weighted by Gasteiger charge is 2.25. The summed E-state index contributed by atoms with van der Waals surface area (Å²) in [4.78, 5) is 2.41. The molecule has 0 aliphatic carbocycles. The molecule has 2 aromatic heterocycles. The van der Waals surface area contributed by atoms with E-state index in [0.29, 0.717) is 0 Å². The highest BCUT2D eigenvalue weighted by molar-refractivity contribution is 6.28. The van der Waals surface area contributed by atoms with Crippen molar-refractivity contribution in [3.63, 3.8) is 0 Å². The third-order valence-corrected chi connectivity index (χ3v) is 12.9. The second-order valence-corrected chi connectivity index (χ2v) is 16.5. The van der Waals surface area contributed by atoms with Crippen LogP contribution < -0.4 is 4.90 Å². The van der Waals surface area contributed by atoms with Crippen LogP contribution in [0.15, 0.2) is 235 Å². The first-order valence-electron chi connectivity index (χ1n) is 21.6. The SMILES string of the molecule is c1ccc(-c2ccc(N(c3ccc4ccccc4c3)c3ccc4c(c3)c3c(-c5ccccc5)c5c(cc3n4-c3cc4ccccc4c4ccccc34)oc3ccccc35)cc2)cc1. The monoisotopic (exact) mass is 802 g/mol. The summed E-state index contributed by atoms with van der Waals surface area (Å²) in [5.41, 5.74) is 13.1. The van der Waals surface area contributed by atoms with Gasteiger partial charge in [-0.05, 0) is 98.2 Å². The van der Waals surface area contributed by atoms with Crippen LogP contribution in [0.1, 0.15) is 0 Å². The van der Waals surface area contributed by atoms with Crippen LogP contribution in [0.25, 0.3) is 104 Å². The second-order valence-electron chi connectivity index (χ2n) is 16.5. The fourth-order valence-corrected chi connectivity index (χ4v) is 10.1. The third kappa shape index (κ3) is 5.60. The van der Waals surface area contributed by atoms with Gasteiger partial charge in [-0.2, -0.15) is 0 Å². The quantitative estimate of drug-likeness (QED) is 0.156. The summed E-state index contributed by atoms with van der Waals surface area (Å²) in [5.74, 6) is 0. The van der Waals surface area contributed by atoms with Crippen molar-refractivity contribution in [2.45, 2.75) is 0 Å². The van der Waals surface area contributed by atoms with Crippen molar-refractivity contribution in [2.75, 3.05) is 4.90 Å². The molecule has 0 aliphatic heterocycles. The summed E-state index contributed by atoms with van der Waals surface area (Å²) in [5, 5.41) is 11.9. The van der Waals surface area contributed by atoms with E-state index in [1.165, 1.54) is 54.4 Å². The molecule has 0 amide bonds. The molecule has 0 fully saturated rings. The topological polar surface area (TPSA) is 21.3 Å². The molecule has 0 saturated carbocycles. The Bertz CT molecular complexity index is 3900. The van der Waals surface area contributed by atoms with Crippen LogP contribution in [-0.4, -0.2) is 4.57 Å². The average molecular weight is 803 g/mol. The molecule has 3 nitrogen and oxygen atoms in total. The van der Waals surface area contributed by atoms with Gasteiger partial charge in [0.15, 0.2) is 0 Å². The van der Waals surface area contributed by atoms with E-state index in [1.54, 1.807) is 0 Å².